The van der Waals surface area contributed by atoms with Gasteiger partial charge in [-0.1, -0.05) is 0 Å². The lowest BCUT2D eigenvalue weighted by Crippen LogP contribution is -2.14. The summed E-state index contributed by atoms with van der Waals surface area (Å²) in [5.41, 5.74) is 3.48. The number of hydrogen-bond donors (Lipinski definition) is 2. The second kappa shape index (κ2) is 6.19. The van der Waals surface area contributed by atoms with Crippen LogP contribution in [0.25, 0.3) is 0 Å². The standard InChI is InChI=1S/C18H22N2O4/c1-11-8-15(17(21)22)19(10-11)6-3-7-20-12(2)9-14(13-4-5-13)16(20)18(23)24/h8-10,13H,3-7H2,1-2H3,(H,21,22)(H,23,24). The topological polar surface area (TPSA) is 84.5 Å². The molecule has 3 rings (SSSR count). The van der Waals surface area contributed by atoms with Crippen LogP contribution < -0.4 is 0 Å². The maximum Gasteiger partial charge on any atom is 0.352 e. The van der Waals surface area contributed by atoms with Gasteiger partial charge in [0.2, 0.25) is 0 Å². The van der Waals surface area contributed by atoms with Gasteiger partial charge in [0.25, 0.3) is 0 Å². The monoisotopic (exact) mass is 330 g/mol. The zero-order valence-electron chi connectivity index (χ0n) is 14.0. The summed E-state index contributed by atoms with van der Waals surface area (Å²) in [6.45, 7) is 4.91. The van der Waals surface area contributed by atoms with Crippen molar-refractivity contribution in [2.45, 2.75) is 52.1 Å². The Labute approximate surface area is 140 Å². The largest absolute Gasteiger partial charge is 0.477 e. The first-order valence-corrected chi connectivity index (χ1v) is 8.22. The molecule has 128 valence electrons. The van der Waals surface area contributed by atoms with Gasteiger partial charge < -0.3 is 19.3 Å². The molecule has 2 N–H and O–H groups in total. The molecule has 2 aromatic heterocycles. The van der Waals surface area contributed by atoms with E-state index in [4.69, 9.17) is 0 Å². The lowest BCUT2D eigenvalue weighted by molar-refractivity contribution is 0.0675. The predicted octanol–water partition coefficient (Wildman–Crippen LogP) is 3.27. The van der Waals surface area contributed by atoms with Gasteiger partial charge in [0.05, 0.1) is 0 Å². The highest BCUT2D eigenvalue weighted by Gasteiger charge is 2.31. The Morgan fingerprint density at radius 1 is 1.12 bits per heavy atom. The molecule has 0 saturated heterocycles. The molecule has 0 aromatic carbocycles. The Morgan fingerprint density at radius 3 is 2.42 bits per heavy atom. The van der Waals surface area contributed by atoms with Gasteiger partial charge in [0.1, 0.15) is 11.4 Å². The van der Waals surface area contributed by atoms with Crippen molar-refractivity contribution in [1.82, 2.24) is 9.13 Å². The average Bonchev–Trinajstić information content (AvgIpc) is 3.20. The Balaban J connectivity index is 1.76. The SMILES string of the molecule is Cc1cc(C(=O)O)n(CCCn2c(C)cc(C3CC3)c2C(=O)O)c1. The van der Waals surface area contributed by atoms with E-state index in [0.29, 0.717) is 31.1 Å². The summed E-state index contributed by atoms with van der Waals surface area (Å²) in [6, 6.07) is 3.64. The summed E-state index contributed by atoms with van der Waals surface area (Å²) in [7, 11) is 0. The van der Waals surface area contributed by atoms with Gasteiger partial charge >= 0.3 is 11.9 Å². The number of aromatic nitrogens is 2. The van der Waals surface area contributed by atoms with Gasteiger partial charge in [0.15, 0.2) is 0 Å². The van der Waals surface area contributed by atoms with Crippen LogP contribution in [0.15, 0.2) is 18.3 Å². The molecule has 0 unspecified atom stereocenters. The molecule has 1 aliphatic rings. The molecule has 2 heterocycles. The molecule has 1 saturated carbocycles. The third-order valence-corrected chi connectivity index (χ3v) is 4.59. The van der Waals surface area contributed by atoms with Crippen molar-refractivity contribution >= 4 is 11.9 Å². The molecule has 0 spiro atoms. The highest BCUT2D eigenvalue weighted by Crippen LogP contribution is 2.42. The average molecular weight is 330 g/mol. The number of hydrogen-bond acceptors (Lipinski definition) is 2. The highest BCUT2D eigenvalue weighted by molar-refractivity contribution is 5.88. The first-order valence-electron chi connectivity index (χ1n) is 8.22. The Kier molecular flexibility index (Phi) is 4.22. The third kappa shape index (κ3) is 3.09. The van der Waals surface area contributed by atoms with Crippen LogP contribution in [-0.4, -0.2) is 31.3 Å². The van der Waals surface area contributed by atoms with E-state index in [1.165, 1.54) is 0 Å². The van der Waals surface area contributed by atoms with E-state index < -0.39 is 11.9 Å². The van der Waals surface area contributed by atoms with Crippen molar-refractivity contribution in [3.63, 3.8) is 0 Å². The molecular formula is C18H22N2O4. The maximum absolute atomic E-state index is 11.7. The quantitative estimate of drug-likeness (QED) is 0.816. The minimum atomic E-state index is -0.942. The van der Waals surface area contributed by atoms with Crippen molar-refractivity contribution in [2.75, 3.05) is 0 Å². The second-order valence-electron chi connectivity index (χ2n) is 6.58. The summed E-state index contributed by atoms with van der Waals surface area (Å²) < 4.78 is 3.57. The molecule has 0 atom stereocenters. The van der Waals surface area contributed by atoms with Crippen molar-refractivity contribution in [2.24, 2.45) is 0 Å². The van der Waals surface area contributed by atoms with Crippen molar-refractivity contribution in [3.05, 3.63) is 46.5 Å². The molecule has 24 heavy (non-hydrogen) atoms. The molecule has 6 heteroatoms. The van der Waals surface area contributed by atoms with E-state index in [1.807, 2.05) is 30.7 Å². The van der Waals surface area contributed by atoms with Crippen LogP contribution in [0.4, 0.5) is 0 Å². The van der Waals surface area contributed by atoms with Crippen LogP contribution in [0.5, 0.6) is 0 Å². The van der Waals surface area contributed by atoms with Crippen LogP contribution in [-0.2, 0) is 13.1 Å². The number of rotatable bonds is 7. The smallest absolute Gasteiger partial charge is 0.352 e. The van der Waals surface area contributed by atoms with E-state index in [0.717, 1.165) is 29.7 Å². The number of carboxylic acids is 2. The fourth-order valence-corrected chi connectivity index (χ4v) is 3.36. The molecule has 0 aliphatic heterocycles. The Bertz CT molecular complexity index is 796. The van der Waals surface area contributed by atoms with E-state index in [9.17, 15) is 19.8 Å². The Hall–Kier alpha value is -2.50. The zero-order valence-corrected chi connectivity index (χ0v) is 14.0. The van der Waals surface area contributed by atoms with E-state index in [-0.39, 0.29) is 5.69 Å². The van der Waals surface area contributed by atoms with Gasteiger partial charge in [-0.2, -0.15) is 0 Å². The van der Waals surface area contributed by atoms with Crippen molar-refractivity contribution in [3.8, 4) is 0 Å². The van der Waals surface area contributed by atoms with Gasteiger partial charge in [-0.15, -0.1) is 0 Å². The number of carbonyl (C=O) groups is 2. The fourth-order valence-electron chi connectivity index (χ4n) is 3.36. The van der Waals surface area contributed by atoms with E-state index >= 15 is 0 Å². The lowest BCUT2D eigenvalue weighted by atomic mass is 10.1. The molecule has 0 amide bonds. The molecule has 0 bridgehead atoms. The second-order valence-corrected chi connectivity index (χ2v) is 6.58. The Morgan fingerprint density at radius 2 is 1.83 bits per heavy atom. The van der Waals surface area contributed by atoms with Gasteiger partial charge in [0, 0.05) is 25.0 Å². The van der Waals surface area contributed by atoms with Crippen LogP contribution in [0.1, 0.15) is 63.0 Å². The fraction of sp³-hybridized carbons (Fsp3) is 0.444. The summed E-state index contributed by atoms with van der Waals surface area (Å²) in [4.78, 5) is 22.9. The summed E-state index contributed by atoms with van der Waals surface area (Å²) in [5, 5.41) is 18.8. The van der Waals surface area contributed by atoms with E-state index in [2.05, 4.69) is 0 Å². The third-order valence-electron chi connectivity index (χ3n) is 4.59. The first kappa shape index (κ1) is 16.4. The number of nitrogens with zero attached hydrogens (tertiary/aromatic N) is 2. The van der Waals surface area contributed by atoms with Crippen LogP contribution in [0.2, 0.25) is 0 Å². The summed E-state index contributed by atoms with van der Waals surface area (Å²) in [5.74, 6) is -1.43. The number of aryl methyl sites for hydroxylation is 3. The molecule has 0 radical (unpaired) electrons. The van der Waals surface area contributed by atoms with Crippen molar-refractivity contribution < 1.29 is 19.8 Å². The molecule has 1 aliphatic carbocycles. The van der Waals surface area contributed by atoms with Crippen LogP contribution >= 0.6 is 0 Å². The minimum Gasteiger partial charge on any atom is -0.477 e. The van der Waals surface area contributed by atoms with E-state index in [1.54, 1.807) is 10.6 Å². The van der Waals surface area contributed by atoms with Crippen LogP contribution in [0.3, 0.4) is 0 Å². The number of aromatic carboxylic acids is 2. The number of carboxylic acid groups (broad SMARTS) is 2. The predicted molar refractivity (Wildman–Crippen MR) is 88.8 cm³/mol. The van der Waals surface area contributed by atoms with Crippen LogP contribution in [0, 0.1) is 13.8 Å². The molecule has 1 fully saturated rings. The first-order chi connectivity index (χ1) is 11.4. The molecule has 6 nitrogen and oxygen atoms in total. The molecule has 2 aromatic rings. The highest BCUT2D eigenvalue weighted by atomic mass is 16.4. The van der Waals surface area contributed by atoms with Crippen molar-refractivity contribution in [1.29, 1.82) is 0 Å². The van der Waals surface area contributed by atoms with Gasteiger partial charge in [-0.05, 0) is 62.3 Å². The normalized spacial score (nSPS) is 14.1. The summed E-state index contributed by atoms with van der Waals surface area (Å²) >= 11 is 0. The zero-order chi connectivity index (χ0) is 17.4. The van der Waals surface area contributed by atoms with Gasteiger partial charge in [-0.25, -0.2) is 9.59 Å². The maximum atomic E-state index is 11.7. The lowest BCUT2D eigenvalue weighted by Gasteiger charge is -2.11. The minimum absolute atomic E-state index is 0.272. The van der Waals surface area contributed by atoms with Gasteiger partial charge in [-0.3, -0.25) is 0 Å². The molecular weight excluding hydrogens is 308 g/mol. The summed E-state index contributed by atoms with van der Waals surface area (Å²) in [6.07, 6.45) is 4.62.